The largest absolute Gasteiger partial charge is 0.397 e. The van der Waals surface area contributed by atoms with Crippen molar-refractivity contribution in [1.82, 2.24) is 34.7 Å². The second kappa shape index (κ2) is 8.71. The maximum absolute atomic E-state index is 13.0. The van der Waals surface area contributed by atoms with E-state index in [0.717, 1.165) is 11.1 Å². The zero-order chi connectivity index (χ0) is 23.0. The number of fused-ring (bicyclic) bond motifs is 2. The van der Waals surface area contributed by atoms with E-state index in [1.54, 1.807) is 29.3 Å². The lowest BCUT2D eigenvalue weighted by atomic mass is 10.2. The molecule has 4 rings (SSSR count). The first-order valence-electron chi connectivity index (χ1n) is 9.97. The van der Waals surface area contributed by atoms with Gasteiger partial charge in [0.05, 0.1) is 30.1 Å². The van der Waals surface area contributed by atoms with Crippen LogP contribution < -0.4 is 16.4 Å². The number of amides is 1. The number of nitrogens with two attached hydrogens (primary N) is 1. The Morgan fingerprint density at radius 3 is 2.88 bits per heavy atom. The van der Waals surface area contributed by atoms with Gasteiger partial charge >= 0.3 is 0 Å². The van der Waals surface area contributed by atoms with Crippen molar-refractivity contribution in [3.63, 3.8) is 0 Å². The minimum absolute atomic E-state index is 0.221. The van der Waals surface area contributed by atoms with E-state index in [4.69, 9.17) is 10.5 Å². The van der Waals surface area contributed by atoms with E-state index in [1.165, 1.54) is 0 Å². The fraction of sp³-hybridized carbons (Fsp3) is 0.350. The minimum Gasteiger partial charge on any atom is -0.397 e. The van der Waals surface area contributed by atoms with Crippen LogP contribution in [0.4, 0.5) is 11.5 Å². The van der Waals surface area contributed by atoms with Crippen LogP contribution in [0, 0.1) is 6.92 Å². The lowest BCUT2D eigenvalue weighted by Crippen LogP contribution is -2.36. The van der Waals surface area contributed by atoms with Crippen molar-refractivity contribution in [3.8, 4) is 0 Å². The molecule has 1 amide bonds. The number of aromatic nitrogens is 6. The van der Waals surface area contributed by atoms with Gasteiger partial charge in [0.1, 0.15) is 15.8 Å². The summed E-state index contributed by atoms with van der Waals surface area (Å²) >= 11 is 3.38. The highest BCUT2D eigenvalue weighted by atomic mass is 79.9. The molecule has 3 heterocycles. The van der Waals surface area contributed by atoms with Crippen molar-refractivity contribution in [2.45, 2.75) is 26.5 Å². The minimum atomic E-state index is -0.238. The molecule has 0 aliphatic heterocycles. The summed E-state index contributed by atoms with van der Waals surface area (Å²) < 4.78 is 9.81. The Bertz CT molecular complexity index is 1310. The van der Waals surface area contributed by atoms with Crippen molar-refractivity contribution in [2.24, 2.45) is 7.05 Å². The molecule has 0 fully saturated rings. The van der Waals surface area contributed by atoms with E-state index >= 15 is 0 Å². The number of carbonyl (C=O) groups excluding carboxylic acids is 1. The number of anilines is 2. The molecule has 168 valence electrons. The number of hydrogen-bond donors (Lipinski definition) is 3. The monoisotopic (exact) mass is 501 g/mol. The third-order valence-corrected chi connectivity index (χ3v) is 5.41. The van der Waals surface area contributed by atoms with Gasteiger partial charge in [-0.1, -0.05) is 5.21 Å². The molecular weight excluding hydrogens is 478 g/mol. The SMILES string of the molecule is CNc1nc(Br)cn2c(C(=O)N[C@H](C)COCc3cc(N)c4nnn(C)c4c3)c(C)nc12. The summed E-state index contributed by atoms with van der Waals surface area (Å²) in [6.07, 6.45) is 1.72. The van der Waals surface area contributed by atoms with Crippen LogP contribution in [0.5, 0.6) is 0 Å². The molecule has 0 unspecified atom stereocenters. The highest BCUT2D eigenvalue weighted by molar-refractivity contribution is 9.10. The molecule has 32 heavy (non-hydrogen) atoms. The normalized spacial score (nSPS) is 12.4. The number of nitrogens with one attached hydrogen (secondary N) is 2. The first-order chi connectivity index (χ1) is 15.3. The van der Waals surface area contributed by atoms with E-state index in [-0.39, 0.29) is 11.9 Å². The molecule has 0 saturated carbocycles. The molecule has 0 radical (unpaired) electrons. The molecular formula is C20H24BrN9O2. The first kappa shape index (κ1) is 22.0. The Morgan fingerprint density at radius 1 is 1.34 bits per heavy atom. The quantitative estimate of drug-likeness (QED) is 0.327. The molecule has 1 atom stereocenters. The second-order valence-electron chi connectivity index (χ2n) is 7.56. The van der Waals surface area contributed by atoms with Gasteiger partial charge in [-0.25, -0.2) is 14.6 Å². The van der Waals surface area contributed by atoms with Gasteiger partial charge in [-0.05, 0) is 47.5 Å². The number of halogens is 1. The van der Waals surface area contributed by atoms with E-state index in [9.17, 15) is 4.79 Å². The summed E-state index contributed by atoms with van der Waals surface area (Å²) in [5, 5.41) is 14.0. The Kier molecular flexibility index (Phi) is 5.98. The van der Waals surface area contributed by atoms with Gasteiger partial charge in [-0.2, -0.15) is 0 Å². The number of rotatable bonds is 7. The van der Waals surface area contributed by atoms with Crippen LogP contribution in [-0.2, 0) is 18.4 Å². The topological polar surface area (TPSA) is 137 Å². The summed E-state index contributed by atoms with van der Waals surface area (Å²) in [6, 6.07) is 3.55. The van der Waals surface area contributed by atoms with Gasteiger partial charge in [0, 0.05) is 26.3 Å². The van der Waals surface area contributed by atoms with E-state index < -0.39 is 0 Å². The Hall–Kier alpha value is -3.25. The summed E-state index contributed by atoms with van der Waals surface area (Å²) in [6.45, 7) is 4.36. The molecule has 0 spiro atoms. The van der Waals surface area contributed by atoms with Crippen LogP contribution in [0.1, 0.15) is 28.7 Å². The molecule has 3 aromatic heterocycles. The third kappa shape index (κ3) is 4.10. The third-order valence-electron chi connectivity index (χ3n) is 5.02. The maximum Gasteiger partial charge on any atom is 0.270 e. The van der Waals surface area contributed by atoms with Crippen molar-refractivity contribution < 1.29 is 9.53 Å². The van der Waals surface area contributed by atoms with Crippen LogP contribution >= 0.6 is 15.9 Å². The standard InChI is InChI=1S/C20H24BrN9O2/c1-10(8-32-9-12-5-13(22)16-14(6-12)29(4)28-27-16)24-20(31)17-11(2)25-19-18(23-3)26-15(21)7-30(17)19/h5-7,10H,8-9,22H2,1-4H3,(H,23,26)(H,24,31)/t10-/m1/s1. The molecule has 11 nitrogen and oxygen atoms in total. The Balaban J connectivity index is 1.42. The molecule has 0 aliphatic carbocycles. The van der Waals surface area contributed by atoms with Crippen molar-refractivity contribution >= 4 is 50.0 Å². The molecule has 0 aliphatic rings. The highest BCUT2D eigenvalue weighted by Gasteiger charge is 2.21. The van der Waals surface area contributed by atoms with Crippen LogP contribution in [0.15, 0.2) is 22.9 Å². The van der Waals surface area contributed by atoms with Crippen molar-refractivity contribution in [1.29, 1.82) is 0 Å². The van der Waals surface area contributed by atoms with Gasteiger partial charge in [0.2, 0.25) is 0 Å². The number of carbonyl (C=O) groups is 1. The fourth-order valence-corrected chi connectivity index (χ4v) is 3.94. The van der Waals surface area contributed by atoms with Gasteiger partial charge < -0.3 is 21.1 Å². The molecule has 0 bridgehead atoms. The lowest BCUT2D eigenvalue weighted by molar-refractivity contribution is 0.0815. The summed E-state index contributed by atoms with van der Waals surface area (Å²) in [4.78, 5) is 21.8. The Morgan fingerprint density at radius 2 is 2.12 bits per heavy atom. The number of hydrogen-bond acceptors (Lipinski definition) is 8. The number of benzene rings is 1. The Labute approximate surface area is 192 Å². The van der Waals surface area contributed by atoms with E-state index in [1.807, 2.05) is 26.1 Å². The molecule has 12 heteroatoms. The first-order valence-corrected chi connectivity index (χ1v) is 10.8. The van der Waals surface area contributed by atoms with Gasteiger partial charge in [-0.3, -0.25) is 9.20 Å². The number of nitrogen functional groups attached to an aromatic ring is 1. The predicted molar refractivity (Wildman–Crippen MR) is 124 cm³/mol. The molecule has 1 aromatic carbocycles. The number of nitrogens with zero attached hydrogens (tertiary/aromatic N) is 6. The van der Waals surface area contributed by atoms with Gasteiger partial charge in [0.15, 0.2) is 11.5 Å². The van der Waals surface area contributed by atoms with Gasteiger partial charge in [0.25, 0.3) is 5.91 Å². The summed E-state index contributed by atoms with van der Waals surface area (Å²) in [5.74, 6) is 0.343. The molecule has 4 N–H and O–H groups in total. The number of aryl methyl sites for hydroxylation is 2. The summed E-state index contributed by atoms with van der Waals surface area (Å²) in [7, 11) is 3.57. The van der Waals surface area contributed by atoms with Gasteiger partial charge in [-0.15, -0.1) is 5.10 Å². The second-order valence-corrected chi connectivity index (χ2v) is 8.37. The maximum atomic E-state index is 13.0. The smallest absolute Gasteiger partial charge is 0.270 e. The van der Waals surface area contributed by atoms with Crippen LogP contribution in [-0.4, -0.2) is 55.0 Å². The van der Waals surface area contributed by atoms with E-state index in [0.29, 0.717) is 51.9 Å². The van der Waals surface area contributed by atoms with Crippen LogP contribution in [0.2, 0.25) is 0 Å². The zero-order valence-electron chi connectivity index (χ0n) is 18.2. The lowest BCUT2D eigenvalue weighted by Gasteiger charge is -2.15. The summed E-state index contributed by atoms with van der Waals surface area (Å²) in [5.41, 5.74) is 10.7. The molecule has 0 saturated heterocycles. The fourth-order valence-electron chi connectivity index (χ4n) is 3.56. The number of imidazole rings is 1. The van der Waals surface area contributed by atoms with E-state index in [2.05, 4.69) is 46.8 Å². The number of ether oxygens (including phenoxy) is 1. The average molecular weight is 502 g/mol. The van der Waals surface area contributed by atoms with Crippen LogP contribution in [0.3, 0.4) is 0 Å². The highest BCUT2D eigenvalue weighted by Crippen LogP contribution is 2.22. The van der Waals surface area contributed by atoms with Crippen molar-refractivity contribution in [2.75, 3.05) is 24.7 Å². The van der Waals surface area contributed by atoms with Crippen LogP contribution in [0.25, 0.3) is 16.7 Å². The molecule has 4 aromatic rings. The van der Waals surface area contributed by atoms with Crippen molar-refractivity contribution in [3.05, 3.63) is 39.9 Å². The average Bonchev–Trinajstić information content (AvgIpc) is 3.27. The zero-order valence-corrected chi connectivity index (χ0v) is 19.8. The predicted octanol–water partition coefficient (Wildman–Crippen LogP) is 2.04.